The van der Waals surface area contributed by atoms with Gasteiger partial charge in [-0.3, -0.25) is 38.6 Å². The number of nitrogens with zero attached hydrogens (tertiary/aromatic N) is 4. The molecule has 0 saturated carbocycles. The molecule has 3 saturated heterocycles. The van der Waals surface area contributed by atoms with Crippen LogP contribution >= 0.6 is 0 Å². The molecule has 5 heterocycles. The summed E-state index contributed by atoms with van der Waals surface area (Å²) < 4.78 is 55.2. The molecule has 4 aromatic rings. The number of carbonyl (C=O) groups excluding carboxylic acids is 6. The molecule has 0 radical (unpaired) electrons. The number of halogens is 3. The van der Waals surface area contributed by atoms with Crippen molar-refractivity contribution in [2.45, 2.75) is 102 Å². The van der Waals surface area contributed by atoms with E-state index in [1.165, 1.54) is 17.0 Å². The minimum atomic E-state index is -1.42. The van der Waals surface area contributed by atoms with Crippen LogP contribution < -0.4 is 31.5 Å². The highest BCUT2D eigenvalue weighted by Crippen LogP contribution is 2.43. The molecular formula is C59H72F3N9O8. The number of para-hydroxylation sites is 1. The van der Waals surface area contributed by atoms with Crippen molar-refractivity contribution in [2.24, 2.45) is 5.92 Å². The van der Waals surface area contributed by atoms with Crippen molar-refractivity contribution in [1.29, 1.82) is 0 Å². The average Bonchev–Trinajstić information content (AvgIpc) is 4.20. The quantitative estimate of drug-likeness (QED) is 0.0958. The topological polar surface area (TPSA) is 194 Å². The monoisotopic (exact) mass is 1090 g/mol. The summed E-state index contributed by atoms with van der Waals surface area (Å²) in [6.45, 7) is 12.3. The summed E-state index contributed by atoms with van der Waals surface area (Å²) in [5, 5.41) is 14.6. The number of ketones is 1. The number of benzene rings is 4. The molecule has 0 aliphatic carbocycles. The van der Waals surface area contributed by atoms with Crippen LogP contribution in [-0.4, -0.2) is 160 Å². The third kappa shape index (κ3) is 12.9. The van der Waals surface area contributed by atoms with Crippen molar-refractivity contribution in [3.05, 3.63) is 130 Å². The Morgan fingerprint density at radius 1 is 0.861 bits per heavy atom. The van der Waals surface area contributed by atoms with E-state index in [1.54, 1.807) is 56.1 Å². The largest absolute Gasteiger partial charge is 0.381 e. The lowest BCUT2D eigenvalue weighted by Gasteiger charge is -2.43. The number of rotatable bonds is 18. The van der Waals surface area contributed by atoms with Crippen LogP contribution in [0.4, 0.5) is 24.5 Å². The van der Waals surface area contributed by atoms with Crippen LogP contribution in [0.5, 0.6) is 0 Å². The standard InChI is InChI=1S/C59H72F3N9O8/c1-35-29-69(44(27-64-35)31-68-19-22-79-33-36(68)2)32-51(73)71-34-59(4,47-16-12-39(26-50(47)71)23-38-10-14-43(60)15-11-38)58(77)65-28-45(72)24-40-9-13-42-30-70(54(46(42)25-40)56(75)67-53-48(61)7-6-8-49(53)62)57(76)52(41-17-20-78-21-18-41)66-55(74)37(3)63-5/h6-16,25-26,35-37,41,44,52,54,63-64H,17-24,27-34H2,1-5H3,(H,65,77)(H,66,74)(H,67,75)/t35-,36-,37+,44-,52+,54+,59-/m1/s1. The first kappa shape index (κ1) is 57.1. The zero-order chi connectivity index (χ0) is 56.1. The van der Waals surface area contributed by atoms with E-state index in [0.29, 0.717) is 86.7 Å². The van der Waals surface area contributed by atoms with E-state index >= 15 is 8.78 Å². The summed E-state index contributed by atoms with van der Waals surface area (Å²) in [6.07, 6.45) is 1.18. The van der Waals surface area contributed by atoms with Gasteiger partial charge >= 0.3 is 0 Å². The summed E-state index contributed by atoms with van der Waals surface area (Å²) in [4.78, 5) is 93.5. The van der Waals surface area contributed by atoms with Crippen LogP contribution in [0.3, 0.4) is 0 Å². The van der Waals surface area contributed by atoms with Crippen LogP contribution in [0.2, 0.25) is 0 Å². The SMILES string of the molecule is CN[C@@H](C)C(=O)N[C@H](C(=O)N1Cc2ccc(CC(=O)CNC(=O)[C@]3(C)CN(C(=O)CN4C[C@@H](C)NC[C@@H]4CN4CCOC[C@H]4C)c4cc(Cc5ccc(F)cc5)ccc43)cc2[C@H]1C(=O)Nc1c(F)cccc1F)C1CCOCC1. The fraction of sp³-hybridized carbons (Fsp3) is 0.492. The molecule has 5 amide bonds. The van der Waals surface area contributed by atoms with Crippen molar-refractivity contribution < 1.29 is 51.4 Å². The maximum atomic E-state index is 15.0. The average molecular weight is 1090 g/mol. The van der Waals surface area contributed by atoms with Gasteiger partial charge in [-0.05, 0) is 124 Å². The molecule has 3 fully saturated rings. The smallest absolute Gasteiger partial charge is 0.252 e. The zero-order valence-corrected chi connectivity index (χ0v) is 45.5. The Hall–Kier alpha value is -6.55. The number of hydrogen-bond acceptors (Lipinski definition) is 12. The molecule has 0 bridgehead atoms. The number of hydrogen-bond donors (Lipinski definition) is 5. The summed E-state index contributed by atoms with van der Waals surface area (Å²) >= 11 is 0. The highest BCUT2D eigenvalue weighted by Gasteiger charge is 2.48. The third-order valence-corrected chi connectivity index (χ3v) is 16.4. The number of ether oxygens (including phenoxy) is 2. The molecule has 422 valence electrons. The highest BCUT2D eigenvalue weighted by atomic mass is 19.1. The number of amides is 5. The van der Waals surface area contributed by atoms with Gasteiger partial charge in [-0.25, -0.2) is 13.2 Å². The van der Waals surface area contributed by atoms with Gasteiger partial charge in [0, 0.05) is 82.7 Å². The maximum absolute atomic E-state index is 15.0. The molecule has 5 aliphatic heterocycles. The third-order valence-electron chi connectivity index (χ3n) is 16.4. The first-order chi connectivity index (χ1) is 37.9. The van der Waals surface area contributed by atoms with Gasteiger partial charge in [-0.1, -0.05) is 48.5 Å². The van der Waals surface area contributed by atoms with Crippen molar-refractivity contribution >= 4 is 46.7 Å². The summed E-state index contributed by atoms with van der Waals surface area (Å²) in [5.41, 5.74) is 2.31. The van der Waals surface area contributed by atoms with Crippen molar-refractivity contribution in [1.82, 2.24) is 36.0 Å². The van der Waals surface area contributed by atoms with Crippen molar-refractivity contribution in [3.63, 3.8) is 0 Å². The minimum Gasteiger partial charge on any atom is -0.381 e. The van der Waals surface area contributed by atoms with Gasteiger partial charge in [0.05, 0.1) is 37.8 Å². The van der Waals surface area contributed by atoms with Crippen LogP contribution in [0, 0.1) is 23.4 Å². The molecule has 4 aromatic carbocycles. The van der Waals surface area contributed by atoms with E-state index < -0.39 is 64.5 Å². The predicted octanol–water partition coefficient (Wildman–Crippen LogP) is 4.15. The second-order valence-electron chi connectivity index (χ2n) is 22.1. The fourth-order valence-electron chi connectivity index (χ4n) is 11.7. The molecule has 0 unspecified atom stereocenters. The minimum absolute atomic E-state index is 0.0157. The molecule has 79 heavy (non-hydrogen) atoms. The second-order valence-corrected chi connectivity index (χ2v) is 22.1. The van der Waals surface area contributed by atoms with Gasteiger partial charge in [0.15, 0.2) is 5.78 Å². The number of nitrogens with one attached hydrogen (secondary N) is 5. The van der Waals surface area contributed by atoms with Gasteiger partial charge in [0.2, 0.25) is 23.6 Å². The van der Waals surface area contributed by atoms with Gasteiger partial charge in [0.1, 0.15) is 35.2 Å². The maximum Gasteiger partial charge on any atom is 0.252 e. The first-order valence-electron chi connectivity index (χ1n) is 27.4. The van der Waals surface area contributed by atoms with Gasteiger partial charge in [0.25, 0.3) is 5.91 Å². The van der Waals surface area contributed by atoms with E-state index in [9.17, 15) is 33.2 Å². The number of morpholine rings is 1. The van der Waals surface area contributed by atoms with Crippen LogP contribution in [0.25, 0.3) is 0 Å². The van der Waals surface area contributed by atoms with Crippen LogP contribution in [0.1, 0.15) is 80.0 Å². The number of carbonyl (C=O) groups is 6. The number of anilines is 2. The molecule has 5 aliphatic rings. The van der Waals surface area contributed by atoms with E-state index in [4.69, 9.17) is 9.47 Å². The Labute approximate surface area is 459 Å². The molecule has 5 N–H and O–H groups in total. The Kier molecular flexibility index (Phi) is 18.0. The molecule has 9 rings (SSSR count). The first-order valence-corrected chi connectivity index (χ1v) is 27.4. The van der Waals surface area contributed by atoms with Crippen LogP contribution in [-0.2, 0) is 63.0 Å². The second kappa shape index (κ2) is 24.9. The molecular weight excluding hydrogens is 1020 g/mol. The van der Waals surface area contributed by atoms with E-state index in [-0.39, 0.29) is 74.2 Å². The summed E-state index contributed by atoms with van der Waals surface area (Å²) in [6, 6.07) is 17.4. The number of Topliss-reactive ketones (excluding diaryl/α,β-unsaturated/α-hetero) is 1. The summed E-state index contributed by atoms with van der Waals surface area (Å²) in [7, 11) is 1.62. The number of likely N-dealkylation sites (N-methyl/N-ethyl adjacent to an activating group) is 1. The van der Waals surface area contributed by atoms with Crippen molar-refractivity contribution in [2.75, 3.05) is 89.5 Å². The lowest BCUT2D eigenvalue weighted by Crippen LogP contribution is -2.62. The van der Waals surface area contributed by atoms with Gasteiger partial charge < -0.3 is 45.9 Å². The Morgan fingerprint density at radius 2 is 1.58 bits per heavy atom. The van der Waals surface area contributed by atoms with E-state index in [0.717, 1.165) is 42.4 Å². The summed E-state index contributed by atoms with van der Waals surface area (Å²) in [5.74, 6) is -5.65. The van der Waals surface area contributed by atoms with E-state index in [2.05, 4.69) is 50.2 Å². The van der Waals surface area contributed by atoms with Gasteiger partial charge in [-0.15, -0.1) is 0 Å². The van der Waals surface area contributed by atoms with Crippen molar-refractivity contribution in [3.8, 4) is 0 Å². The molecule has 7 atom stereocenters. The number of fused-ring (bicyclic) bond motifs is 2. The van der Waals surface area contributed by atoms with E-state index in [1.807, 2.05) is 18.2 Å². The zero-order valence-electron chi connectivity index (χ0n) is 45.5. The highest BCUT2D eigenvalue weighted by molar-refractivity contribution is 6.04. The molecule has 17 nitrogen and oxygen atoms in total. The molecule has 0 spiro atoms. The lowest BCUT2D eigenvalue weighted by atomic mass is 9.83. The normalized spacial score (nSPS) is 23.3. The fourth-order valence-corrected chi connectivity index (χ4v) is 11.7. The lowest BCUT2D eigenvalue weighted by molar-refractivity contribution is -0.144. The Bertz CT molecular complexity index is 2910. The molecule has 0 aromatic heterocycles. The Morgan fingerprint density at radius 3 is 2.30 bits per heavy atom. The van der Waals surface area contributed by atoms with Gasteiger partial charge in [-0.2, -0.15) is 0 Å². The predicted molar refractivity (Wildman–Crippen MR) is 290 cm³/mol. The Balaban J connectivity index is 0.934. The number of piperazine rings is 1. The van der Waals surface area contributed by atoms with Crippen LogP contribution in [0.15, 0.2) is 78.9 Å². The molecule has 20 heteroatoms.